The van der Waals surface area contributed by atoms with Gasteiger partial charge >= 0.3 is 0 Å². The molecule has 10 aromatic rings. The summed E-state index contributed by atoms with van der Waals surface area (Å²) in [5.74, 6) is 0. The normalized spacial score (nSPS) is 14.5. The molecule has 1 aromatic heterocycles. The number of hydrogen-bond acceptors (Lipinski definition) is 2. The van der Waals surface area contributed by atoms with Crippen LogP contribution in [0.2, 0.25) is 0 Å². The number of nitrogens with zero attached hydrogens (tertiary/aromatic N) is 1. The third kappa shape index (κ3) is 4.10. The molecule has 3 aliphatic rings. The van der Waals surface area contributed by atoms with Gasteiger partial charge in [-0.15, -0.1) is 0 Å². The molecule has 0 bridgehead atoms. The number of anilines is 3. The highest BCUT2D eigenvalue weighted by Crippen LogP contribution is 2.64. The molecule has 13 rings (SSSR count). The molecule has 0 radical (unpaired) electrons. The second kappa shape index (κ2) is 11.8. The van der Waals surface area contributed by atoms with E-state index >= 15 is 0 Å². The van der Waals surface area contributed by atoms with Crippen LogP contribution in [0.4, 0.5) is 17.1 Å². The van der Waals surface area contributed by atoms with E-state index in [1.54, 1.807) is 0 Å². The molecule has 0 aliphatic heterocycles. The molecule has 0 amide bonds. The monoisotopic (exact) mass is 751 g/mol. The van der Waals surface area contributed by atoms with Gasteiger partial charge < -0.3 is 9.32 Å². The van der Waals surface area contributed by atoms with Crippen molar-refractivity contribution >= 4 is 39.0 Å². The maximum atomic E-state index is 7.10. The average molecular weight is 752 g/mol. The Labute approximate surface area is 343 Å². The number of hydrogen-bond donors (Lipinski definition) is 0. The van der Waals surface area contributed by atoms with Gasteiger partial charge in [0.1, 0.15) is 11.2 Å². The van der Waals surface area contributed by atoms with Crippen molar-refractivity contribution in [3.05, 3.63) is 245 Å². The quantitative estimate of drug-likeness (QED) is 0.178. The van der Waals surface area contributed by atoms with E-state index in [0.29, 0.717) is 0 Å². The van der Waals surface area contributed by atoms with E-state index in [1.165, 1.54) is 72.3 Å². The van der Waals surface area contributed by atoms with Crippen LogP contribution < -0.4 is 4.90 Å². The summed E-state index contributed by atoms with van der Waals surface area (Å²) in [6.07, 6.45) is 0. The smallest absolute Gasteiger partial charge is 0.141 e. The molecule has 1 heterocycles. The largest absolute Gasteiger partial charge is 0.456 e. The Balaban J connectivity index is 1.10. The third-order valence-electron chi connectivity index (χ3n) is 13.8. The summed E-state index contributed by atoms with van der Waals surface area (Å²) in [6, 6.07) is 76.1. The first kappa shape index (κ1) is 32.6. The van der Waals surface area contributed by atoms with Gasteiger partial charge in [-0.05, 0) is 110 Å². The maximum absolute atomic E-state index is 7.10. The van der Waals surface area contributed by atoms with Gasteiger partial charge in [0.15, 0.2) is 0 Å². The molecule has 2 heteroatoms. The highest BCUT2D eigenvalue weighted by Gasteiger charge is 2.52. The van der Waals surface area contributed by atoms with Gasteiger partial charge in [0, 0.05) is 27.7 Å². The van der Waals surface area contributed by atoms with Crippen LogP contribution in [-0.2, 0) is 10.8 Å². The first-order chi connectivity index (χ1) is 29.2. The van der Waals surface area contributed by atoms with Crippen LogP contribution in [0.25, 0.3) is 55.3 Å². The van der Waals surface area contributed by atoms with Crippen LogP contribution >= 0.6 is 0 Å². The summed E-state index contributed by atoms with van der Waals surface area (Å²) in [4.78, 5) is 2.46. The predicted octanol–water partition coefficient (Wildman–Crippen LogP) is 14.7. The van der Waals surface area contributed by atoms with E-state index < -0.39 is 10.8 Å². The molecule has 0 unspecified atom stereocenters. The lowest BCUT2D eigenvalue weighted by Crippen LogP contribution is -2.26. The summed E-state index contributed by atoms with van der Waals surface area (Å²) in [7, 11) is 0. The summed E-state index contributed by atoms with van der Waals surface area (Å²) >= 11 is 0. The molecular formula is C57H37NO. The van der Waals surface area contributed by atoms with Gasteiger partial charge in [0.05, 0.1) is 16.5 Å². The number of benzene rings is 9. The number of para-hydroxylation sites is 2. The Hall–Kier alpha value is -7.42. The fourth-order valence-corrected chi connectivity index (χ4v) is 11.4. The summed E-state index contributed by atoms with van der Waals surface area (Å²) in [5, 5.41) is 2.22. The molecule has 0 N–H and O–H groups in total. The molecule has 3 aliphatic carbocycles. The molecule has 59 heavy (non-hydrogen) atoms. The summed E-state index contributed by atoms with van der Waals surface area (Å²) < 4.78 is 7.10. The van der Waals surface area contributed by atoms with Crippen LogP contribution in [0, 0.1) is 0 Å². The Morgan fingerprint density at radius 2 is 0.847 bits per heavy atom. The number of furan rings is 1. The zero-order valence-electron chi connectivity index (χ0n) is 32.5. The lowest BCUT2D eigenvalue weighted by atomic mass is 9.70. The van der Waals surface area contributed by atoms with Crippen molar-refractivity contribution in [1.82, 2.24) is 0 Å². The van der Waals surface area contributed by atoms with E-state index in [0.717, 1.165) is 39.0 Å². The Kier molecular flexibility index (Phi) is 6.54. The van der Waals surface area contributed by atoms with Gasteiger partial charge in [-0.1, -0.05) is 170 Å². The van der Waals surface area contributed by atoms with Crippen LogP contribution in [0.3, 0.4) is 0 Å². The zero-order chi connectivity index (χ0) is 38.9. The summed E-state index contributed by atoms with van der Waals surface area (Å²) in [5.41, 5.74) is 21.1. The van der Waals surface area contributed by atoms with E-state index in [9.17, 15) is 0 Å². The van der Waals surface area contributed by atoms with Crippen LogP contribution in [-0.4, -0.2) is 0 Å². The van der Waals surface area contributed by atoms with Crippen molar-refractivity contribution in [2.24, 2.45) is 0 Å². The minimum absolute atomic E-state index is 0.426. The van der Waals surface area contributed by atoms with E-state index in [2.05, 4.69) is 218 Å². The van der Waals surface area contributed by atoms with Crippen molar-refractivity contribution in [3.63, 3.8) is 0 Å². The Bertz CT molecular complexity index is 3260. The van der Waals surface area contributed by atoms with Crippen molar-refractivity contribution in [3.8, 4) is 33.4 Å². The first-order valence-electron chi connectivity index (χ1n) is 20.6. The van der Waals surface area contributed by atoms with Gasteiger partial charge in [-0.25, -0.2) is 0 Å². The predicted molar refractivity (Wildman–Crippen MR) is 242 cm³/mol. The lowest BCUT2D eigenvalue weighted by molar-refractivity contribution is 0.638. The molecule has 9 aromatic carbocycles. The lowest BCUT2D eigenvalue weighted by Gasteiger charge is -2.33. The number of rotatable bonds is 4. The van der Waals surface area contributed by atoms with Crippen LogP contribution in [0.5, 0.6) is 0 Å². The van der Waals surface area contributed by atoms with E-state index in [1.807, 2.05) is 0 Å². The summed E-state index contributed by atoms with van der Waals surface area (Å²) in [6.45, 7) is 2.38. The molecule has 2 nitrogen and oxygen atoms in total. The first-order valence-corrected chi connectivity index (χ1v) is 20.6. The van der Waals surface area contributed by atoms with Gasteiger partial charge in [0.2, 0.25) is 0 Å². The second-order valence-corrected chi connectivity index (χ2v) is 16.4. The van der Waals surface area contributed by atoms with Crippen LogP contribution in [0.15, 0.2) is 211 Å². The van der Waals surface area contributed by atoms with Crippen LogP contribution in [0.1, 0.15) is 45.9 Å². The van der Waals surface area contributed by atoms with E-state index in [4.69, 9.17) is 4.42 Å². The fourth-order valence-electron chi connectivity index (χ4n) is 11.4. The maximum Gasteiger partial charge on any atom is 0.141 e. The molecule has 0 saturated carbocycles. The second-order valence-electron chi connectivity index (χ2n) is 16.4. The van der Waals surface area contributed by atoms with Gasteiger partial charge in [-0.3, -0.25) is 0 Å². The van der Waals surface area contributed by atoms with E-state index in [-0.39, 0.29) is 0 Å². The third-order valence-corrected chi connectivity index (χ3v) is 13.8. The minimum atomic E-state index is -0.448. The Morgan fingerprint density at radius 1 is 0.373 bits per heavy atom. The Morgan fingerprint density at radius 3 is 1.44 bits per heavy atom. The van der Waals surface area contributed by atoms with Crippen molar-refractivity contribution in [2.45, 2.75) is 17.8 Å². The fraction of sp³-hybridized carbons (Fsp3) is 0.0526. The number of fused-ring (bicyclic) bond motifs is 16. The standard InChI is InChI=1S/C57H37NO/c1-56(45-25-11-5-19-38(45)39-20-6-12-26-46(39)56)50-33-34-52(54-44-24-10-16-30-53(44)59-55(50)54)58(36-17-3-2-4-18-36)37-31-32-43-42-23-9-15-29-49(42)57(51(43)35-37)47-27-13-7-21-40(47)41-22-8-14-28-48(41)57/h2-35H,1H3. The molecule has 0 fully saturated rings. The molecule has 0 saturated heterocycles. The van der Waals surface area contributed by atoms with Gasteiger partial charge in [-0.2, -0.15) is 0 Å². The van der Waals surface area contributed by atoms with Crippen molar-refractivity contribution in [1.29, 1.82) is 0 Å². The van der Waals surface area contributed by atoms with Crippen molar-refractivity contribution in [2.75, 3.05) is 4.90 Å². The zero-order valence-corrected chi connectivity index (χ0v) is 32.5. The molecular weight excluding hydrogens is 715 g/mol. The average Bonchev–Trinajstić information content (AvgIpc) is 4.00. The van der Waals surface area contributed by atoms with Gasteiger partial charge in [0.25, 0.3) is 0 Å². The molecule has 0 atom stereocenters. The minimum Gasteiger partial charge on any atom is -0.456 e. The highest BCUT2D eigenvalue weighted by molar-refractivity contribution is 6.15. The SMILES string of the molecule is CC1(c2ccc(N(c3ccccc3)c3ccc4c(c3)C3(c5ccccc5-c5ccccc53)c3ccccc3-4)c3c2oc2ccccc23)c2ccccc2-c2ccccc21. The molecule has 276 valence electrons. The van der Waals surface area contributed by atoms with Crippen molar-refractivity contribution < 1.29 is 4.42 Å². The molecule has 1 spiro atoms. The topological polar surface area (TPSA) is 16.4 Å². The highest BCUT2D eigenvalue weighted by atomic mass is 16.3.